The molecule has 25 heavy (non-hydrogen) atoms. The first kappa shape index (κ1) is 21.5. The van der Waals surface area contributed by atoms with Crippen molar-refractivity contribution >= 4 is 6.16 Å². The van der Waals surface area contributed by atoms with E-state index in [1.165, 1.54) is 5.56 Å². The quantitative estimate of drug-likeness (QED) is 0.456. The highest BCUT2D eigenvalue weighted by molar-refractivity contribution is 5.66. The zero-order valence-electron chi connectivity index (χ0n) is 17.3. The molecule has 1 atom stereocenters. The fraction of sp³-hybridized carbons (Fsp3) is 0.667. The number of hydrogen-bond donors (Lipinski definition) is 0. The summed E-state index contributed by atoms with van der Waals surface area (Å²) in [7, 11) is 0. The molecule has 0 bridgehead atoms. The Morgan fingerprint density at radius 2 is 1.24 bits per heavy atom. The number of alkyl halides is 1. The fourth-order valence-corrected chi connectivity index (χ4v) is 2.74. The second kappa shape index (κ2) is 6.97. The smallest absolute Gasteiger partial charge is 0.400 e. The van der Waals surface area contributed by atoms with Crippen LogP contribution in [0.5, 0.6) is 5.75 Å². The third-order valence-corrected chi connectivity index (χ3v) is 4.00. The lowest BCUT2D eigenvalue weighted by Crippen LogP contribution is -2.25. The molecule has 0 aliphatic rings. The Labute approximate surface area is 151 Å². The number of carbonyl (C=O) groups excluding carboxylic acids is 1. The Kier molecular flexibility index (Phi) is 5.98. The van der Waals surface area contributed by atoms with Gasteiger partial charge < -0.3 is 9.47 Å². The van der Waals surface area contributed by atoms with E-state index in [0.717, 1.165) is 18.1 Å². The van der Waals surface area contributed by atoms with Crippen molar-refractivity contribution in [2.24, 2.45) is 0 Å². The Balaban J connectivity index is 3.61. The highest BCUT2D eigenvalue weighted by Gasteiger charge is 2.31. The largest absolute Gasteiger partial charge is 0.516 e. The molecule has 0 radical (unpaired) electrons. The number of benzene rings is 1. The molecule has 0 N–H and O–H groups in total. The van der Waals surface area contributed by atoms with Crippen molar-refractivity contribution in [1.29, 1.82) is 0 Å². The van der Waals surface area contributed by atoms with E-state index in [0.29, 0.717) is 5.75 Å². The maximum absolute atomic E-state index is 13.0. The van der Waals surface area contributed by atoms with Gasteiger partial charge in [-0.25, -0.2) is 9.18 Å². The first-order valence-corrected chi connectivity index (χ1v) is 8.75. The van der Waals surface area contributed by atoms with Crippen LogP contribution in [-0.4, -0.2) is 12.5 Å². The zero-order chi connectivity index (χ0) is 19.8. The summed E-state index contributed by atoms with van der Waals surface area (Å²) >= 11 is 0. The van der Waals surface area contributed by atoms with E-state index < -0.39 is 12.5 Å². The molecule has 0 spiro atoms. The molecule has 0 heterocycles. The molecule has 1 unspecified atom stereocenters. The molecule has 0 saturated heterocycles. The number of ether oxygens (including phenoxy) is 2. The highest BCUT2D eigenvalue weighted by Crippen LogP contribution is 2.41. The summed E-state index contributed by atoms with van der Waals surface area (Å²) in [5, 5.41) is 0. The first-order chi connectivity index (χ1) is 11.0. The zero-order valence-corrected chi connectivity index (χ0v) is 17.3. The van der Waals surface area contributed by atoms with Crippen molar-refractivity contribution in [3.63, 3.8) is 0 Å². The molecule has 1 rings (SSSR count). The molecular formula is C21H33FO3. The van der Waals surface area contributed by atoms with E-state index in [1.807, 2.05) is 6.07 Å². The van der Waals surface area contributed by atoms with Gasteiger partial charge in [0.15, 0.2) is 0 Å². The third kappa shape index (κ3) is 5.72. The minimum absolute atomic E-state index is 0.0604. The van der Waals surface area contributed by atoms with Crippen molar-refractivity contribution in [3.05, 3.63) is 28.8 Å². The van der Waals surface area contributed by atoms with Crippen molar-refractivity contribution < 1.29 is 18.7 Å². The van der Waals surface area contributed by atoms with Gasteiger partial charge in [-0.05, 0) is 33.4 Å². The van der Waals surface area contributed by atoms with E-state index in [2.05, 4.69) is 73.1 Å². The van der Waals surface area contributed by atoms with Crippen LogP contribution in [0.4, 0.5) is 9.18 Å². The van der Waals surface area contributed by atoms with E-state index in [-0.39, 0.29) is 16.2 Å². The van der Waals surface area contributed by atoms with E-state index in [4.69, 9.17) is 4.74 Å². The van der Waals surface area contributed by atoms with Gasteiger partial charge in [0.1, 0.15) is 5.75 Å². The monoisotopic (exact) mass is 352 g/mol. The Bertz CT molecular complexity index is 626. The molecule has 1 aromatic carbocycles. The number of hydrogen-bond acceptors (Lipinski definition) is 3. The summed E-state index contributed by atoms with van der Waals surface area (Å²) in [5.41, 5.74) is 2.78. The second-order valence-electron chi connectivity index (χ2n) is 9.66. The van der Waals surface area contributed by atoms with Gasteiger partial charge in [0.05, 0.1) is 0 Å². The Morgan fingerprint density at radius 3 is 1.60 bits per heavy atom. The molecule has 0 aliphatic heterocycles. The van der Waals surface area contributed by atoms with E-state index in [9.17, 15) is 9.18 Å². The van der Waals surface area contributed by atoms with Gasteiger partial charge >= 0.3 is 6.16 Å². The maximum atomic E-state index is 13.0. The molecule has 0 saturated carbocycles. The average Bonchev–Trinajstić information content (AvgIpc) is 2.33. The summed E-state index contributed by atoms with van der Waals surface area (Å²) in [6, 6.07) is 4.02. The molecule has 0 amide bonds. The SMILES string of the molecule is CC(F)OC(=O)Oc1cc(C(C)(C)C)c(C(C)(C)C)cc1C(C)(C)C. The Morgan fingerprint density at radius 1 is 0.840 bits per heavy atom. The molecule has 3 nitrogen and oxygen atoms in total. The summed E-state index contributed by atoms with van der Waals surface area (Å²) in [6.45, 7) is 20.2. The van der Waals surface area contributed by atoms with Gasteiger partial charge in [-0.1, -0.05) is 68.4 Å². The standard InChI is InChI=1S/C21H33FO3/c1-13(22)24-18(23)25-17-12-15(20(5,6)7)14(19(2,3)4)11-16(17)21(8,9)10/h11-13H,1-10H3. The number of halogens is 1. The lowest BCUT2D eigenvalue weighted by Gasteiger charge is -2.33. The van der Waals surface area contributed by atoms with Crippen molar-refractivity contribution in [2.45, 2.75) is 91.8 Å². The first-order valence-electron chi connectivity index (χ1n) is 8.75. The van der Waals surface area contributed by atoms with E-state index in [1.54, 1.807) is 0 Å². The minimum atomic E-state index is -1.71. The van der Waals surface area contributed by atoms with Crippen LogP contribution in [0, 0.1) is 0 Å². The van der Waals surface area contributed by atoms with Crippen molar-refractivity contribution in [1.82, 2.24) is 0 Å². The van der Waals surface area contributed by atoms with Gasteiger partial charge in [-0.15, -0.1) is 0 Å². The fourth-order valence-electron chi connectivity index (χ4n) is 2.74. The van der Waals surface area contributed by atoms with Crippen LogP contribution in [0.25, 0.3) is 0 Å². The topological polar surface area (TPSA) is 35.5 Å². The molecule has 0 aliphatic carbocycles. The molecule has 0 aromatic heterocycles. The lowest BCUT2D eigenvalue weighted by atomic mass is 9.72. The minimum Gasteiger partial charge on any atom is -0.400 e. The van der Waals surface area contributed by atoms with Crippen LogP contribution in [0.3, 0.4) is 0 Å². The maximum Gasteiger partial charge on any atom is 0.516 e. The predicted octanol–water partition coefficient (Wildman–Crippen LogP) is 6.41. The average molecular weight is 352 g/mol. The predicted molar refractivity (Wildman–Crippen MR) is 100 cm³/mol. The second-order valence-corrected chi connectivity index (χ2v) is 9.66. The van der Waals surface area contributed by atoms with Crippen molar-refractivity contribution in [3.8, 4) is 5.75 Å². The van der Waals surface area contributed by atoms with Crippen LogP contribution in [0.2, 0.25) is 0 Å². The summed E-state index contributed by atoms with van der Waals surface area (Å²) in [6.07, 6.45) is -2.73. The molecule has 142 valence electrons. The van der Waals surface area contributed by atoms with Crippen LogP contribution in [-0.2, 0) is 21.0 Å². The van der Waals surface area contributed by atoms with E-state index >= 15 is 0 Å². The normalized spacial score (nSPS) is 14.2. The molecule has 4 heteroatoms. The van der Waals surface area contributed by atoms with Gasteiger partial charge in [0, 0.05) is 12.5 Å². The molecular weight excluding hydrogens is 319 g/mol. The van der Waals surface area contributed by atoms with Crippen LogP contribution in [0.15, 0.2) is 12.1 Å². The van der Waals surface area contributed by atoms with Gasteiger partial charge in [0.2, 0.25) is 6.36 Å². The number of carbonyl (C=O) groups is 1. The third-order valence-electron chi connectivity index (χ3n) is 4.00. The summed E-state index contributed by atoms with van der Waals surface area (Å²) in [4.78, 5) is 11.9. The van der Waals surface area contributed by atoms with Gasteiger partial charge in [-0.3, -0.25) is 0 Å². The summed E-state index contributed by atoms with van der Waals surface area (Å²) < 4.78 is 22.9. The molecule has 1 aromatic rings. The highest BCUT2D eigenvalue weighted by atomic mass is 19.1. The van der Waals surface area contributed by atoms with Crippen molar-refractivity contribution in [2.75, 3.05) is 0 Å². The van der Waals surface area contributed by atoms with Crippen LogP contribution in [0.1, 0.15) is 85.9 Å². The summed E-state index contributed by atoms with van der Waals surface area (Å²) in [5.74, 6) is 0.427. The van der Waals surface area contributed by atoms with Gasteiger partial charge in [-0.2, -0.15) is 0 Å². The van der Waals surface area contributed by atoms with Crippen LogP contribution >= 0.6 is 0 Å². The lowest BCUT2D eigenvalue weighted by molar-refractivity contribution is 0.00166. The van der Waals surface area contributed by atoms with Crippen LogP contribution < -0.4 is 4.74 Å². The van der Waals surface area contributed by atoms with Gasteiger partial charge in [0.25, 0.3) is 0 Å². The Hall–Kier alpha value is -1.58. The molecule has 0 fully saturated rings. The number of rotatable bonds is 2.